The van der Waals surface area contributed by atoms with E-state index in [-0.39, 0.29) is 0 Å². The lowest BCUT2D eigenvalue weighted by atomic mass is 10.1. The summed E-state index contributed by atoms with van der Waals surface area (Å²) in [5.41, 5.74) is 0. The molecular formula is C16H28O. The molecule has 0 aliphatic carbocycles. The Morgan fingerprint density at radius 1 is 0.706 bits per heavy atom. The van der Waals surface area contributed by atoms with Gasteiger partial charge in [-0.25, -0.2) is 0 Å². The third kappa shape index (κ3) is 15.0. The second-order valence-corrected chi connectivity index (χ2v) is 4.35. The fourth-order valence-corrected chi connectivity index (χ4v) is 1.74. The van der Waals surface area contributed by atoms with E-state index in [1.165, 1.54) is 51.4 Å². The lowest BCUT2D eigenvalue weighted by molar-refractivity contribution is 0.473. The first kappa shape index (κ1) is 16.0. The van der Waals surface area contributed by atoms with Crippen LogP contribution in [-0.2, 0) is 0 Å². The molecule has 0 radical (unpaired) electrons. The van der Waals surface area contributed by atoms with E-state index in [1.54, 1.807) is 6.08 Å². The zero-order chi connectivity index (χ0) is 12.6. The number of hydrogen-bond donors (Lipinski definition) is 1. The number of aliphatic hydroxyl groups excluding tert-OH is 1. The van der Waals surface area contributed by atoms with Gasteiger partial charge in [-0.3, -0.25) is 0 Å². The van der Waals surface area contributed by atoms with Gasteiger partial charge in [-0.2, -0.15) is 0 Å². The molecule has 1 nitrogen and oxygen atoms in total. The minimum Gasteiger partial charge on any atom is -0.516 e. The van der Waals surface area contributed by atoms with Gasteiger partial charge in [-0.1, -0.05) is 56.9 Å². The number of hydrogen-bond acceptors (Lipinski definition) is 1. The quantitative estimate of drug-likeness (QED) is 0.211. The van der Waals surface area contributed by atoms with E-state index in [0.29, 0.717) is 0 Å². The molecule has 0 spiro atoms. The van der Waals surface area contributed by atoms with Gasteiger partial charge in [-0.05, 0) is 38.2 Å². The van der Waals surface area contributed by atoms with E-state index in [9.17, 15) is 0 Å². The molecule has 98 valence electrons. The van der Waals surface area contributed by atoms with Crippen LogP contribution in [-0.4, -0.2) is 5.11 Å². The number of rotatable bonds is 11. The van der Waals surface area contributed by atoms with Gasteiger partial charge in [-0.15, -0.1) is 0 Å². The Bertz CT molecular complexity index is 214. The van der Waals surface area contributed by atoms with Crippen LogP contribution in [0.3, 0.4) is 0 Å². The van der Waals surface area contributed by atoms with E-state index >= 15 is 0 Å². The van der Waals surface area contributed by atoms with E-state index in [0.717, 1.165) is 12.7 Å². The van der Waals surface area contributed by atoms with Crippen LogP contribution in [0.1, 0.15) is 64.7 Å². The standard InChI is InChI=1S/C16H28O/c1-2-3-4-5-6-7-8-9-10-11-12-13-14-15-16-17/h3-4,13-17H,2,5-12H2,1H3. The monoisotopic (exact) mass is 236 g/mol. The topological polar surface area (TPSA) is 20.2 Å². The maximum Gasteiger partial charge on any atom is 0.0791 e. The van der Waals surface area contributed by atoms with Gasteiger partial charge in [0, 0.05) is 0 Å². The second-order valence-electron chi connectivity index (χ2n) is 4.35. The van der Waals surface area contributed by atoms with Crippen molar-refractivity contribution in [2.75, 3.05) is 0 Å². The van der Waals surface area contributed by atoms with Gasteiger partial charge < -0.3 is 5.11 Å². The first-order valence-corrected chi connectivity index (χ1v) is 7.02. The number of unbranched alkanes of at least 4 members (excludes halogenated alkanes) is 7. The Morgan fingerprint density at radius 2 is 1.29 bits per heavy atom. The molecular weight excluding hydrogens is 208 g/mol. The van der Waals surface area contributed by atoms with E-state index in [4.69, 9.17) is 5.11 Å². The molecule has 0 aromatic rings. The zero-order valence-corrected chi connectivity index (χ0v) is 11.3. The highest BCUT2D eigenvalue weighted by Gasteiger charge is 1.89. The largest absolute Gasteiger partial charge is 0.516 e. The Labute approximate surface area is 107 Å². The first-order valence-electron chi connectivity index (χ1n) is 7.02. The van der Waals surface area contributed by atoms with Crippen LogP contribution in [0.25, 0.3) is 0 Å². The van der Waals surface area contributed by atoms with Crippen molar-refractivity contribution in [2.45, 2.75) is 64.7 Å². The smallest absolute Gasteiger partial charge is 0.0791 e. The summed E-state index contributed by atoms with van der Waals surface area (Å²) in [4.78, 5) is 0. The van der Waals surface area contributed by atoms with Crippen LogP contribution in [0.4, 0.5) is 0 Å². The summed E-state index contributed by atoms with van der Waals surface area (Å²) >= 11 is 0. The second kappa shape index (κ2) is 15.0. The van der Waals surface area contributed by atoms with Crippen LogP contribution < -0.4 is 0 Å². The minimum absolute atomic E-state index is 1.07. The fraction of sp³-hybridized carbons (Fsp3) is 0.625. The average molecular weight is 236 g/mol. The van der Waals surface area contributed by atoms with Crippen LogP contribution in [0.5, 0.6) is 0 Å². The third-order valence-corrected chi connectivity index (χ3v) is 2.73. The van der Waals surface area contributed by atoms with Gasteiger partial charge in [0.1, 0.15) is 0 Å². The summed E-state index contributed by atoms with van der Waals surface area (Å²) in [5.74, 6) is 0. The molecule has 17 heavy (non-hydrogen) atoms. The Balaban J connectivity index is 3.06. The molecule has 0 saturated carbocycles. The normalized spacial score (nSPS) is 12.3. The van der Waals surface area contributed by atoms with Crippen LogP contribution in [0, 0.1) is 0 Å². The van der Waals surface area contributed by atoms with Crippen molar-refractivity contribution in [1.82, 2.24) is 0 Å². The Hall–Kier alpha value is -0.980. The first-order chi connectivity index (χ1) is 8.41. The van der Waals surface area contributed by atoms with Gasteiger partial charge in [0.15, 0.2) is 0 Å². The summed E-state index contributed by atoms with van der Waals surface area (Å²) in [5, 5.41) is 8.41. The van der Waals surface area contributed by atoms with Gasteiger partial charge in [0.2, 0.25) is 0 Å². The molecule has 0 saturated heterocycles. The van der Waals surface area contributed by atoms with Crippen LogP contribution in [0.15, 0.2) is 36.6 Å². The number of aliphatic hydroxyl groups is 1. The minimum atomic E-state index is 1.07. The highest BCUT2D eigenvalue weighted by atomic mass is 16.2. The summed E-state index contributed by atoms with van der Waals surface area (Å²) in [6, 6.07) is 0. The third-order valence-electron chi connectivity index (χ3n) is 2.73. The van der Waals surface area contributed by atoms with E-state index in [2.05, 4.69) is 25.2 Å². The molecule has 0 heterocycles. The molecule has 0 unspecified atom stereocenters. The van der Waals surface area contributed by atoms with Crippen molar-refractivity contribution < 1.29 is 5.11 Å². The Kier molecular flexibility index (Phi) is 14.2. The fourth-order valence-electron chi connectivity index (χ4n) is 1.74. The van der Waals surface area contributed by atoms with Crippen molar-refractivity contribution in [3.05, 3.63) is 36.6 Å². The maximum atomic E-state index is 8.41. The van der Waals surface area contributed by atoms with Gasteiger partial charge >= 0.3 is 0 Å². The summed E-state index contributed by atoms with van der Waals surface area (Å²) in [6.07, 6.45) is 22.9. The molecule has 0 atom stereocenters. The molecule has 0 bridgehead atoms. The molecule has 0 rings (SSSR count). The Morgan fingerprint density at radius 3 is 1.88 bits per heavy atom. The lowest BCUT2D eigenvalue weighted by Crippen LogP contribution is -1.79. The molecule has 0 aliphatic rings. The van der Waals surface area contributed by atoms with E-state index < -0.39 is 0 Å². The summed E-state index contributed by atoms with van der Waals surface area (Å²) < 4.78 is 0. The average Bonchev–Trinajstić information content (AvgIpc) is 2.35. The highest BCUT2D eigenvalue weighted by Crippen LogP contribution is 2.09. The summed E-state index contributed by atoms with van der Waals surface area (Å²) in [6.45, 7) is 2.18. The van der Waals surface area contributed by atoms with Crippen molar-refractivity contribution in [3.63, 3.8) is 0 Å². The van der Waals surface area contributed by atoms with Gasteiger partial charge in [0.05, 0.1) is 6.26 Å². The number of allylic oxidation sites excluding steroid dienone is 5. The summed E-state index contributed by atoms with van der Waals surface area (Å²) in [7, 11) is 0. The van der Waals surface area contributed by atoms with E-state index in [1.807, 2.05) is 6.08 Å². The SMILES string of the molecule is CCC=CCCCCCCCCC=CC=CO. The maximum absolute atomic E-state index is 8.41. The predicted octanol–water partition coefficient (Wildman–Crippen LogP) is 5.70. The van der Waals surface area contributed by atoms with Crippen LogP contribution in [0.2, 0.25) is 0 Å². The molecule has 1 heteroatoms. The molecule has 0 aromatic heterocycles. The molecule has 0 amide bonds. The molecule has 0 aromatic carbocycles. The lowest BCUT2D eigenvalue weighted by Gasteiger charge is -1.99. The molecule has 0 aliphatic heterocycles. The zero-order valence-electron chi connectivity index (χ0n) is 11.3. The van der Waals surface area contributed by atoms with Crippen LogP contribution >= 0.6 is 0 Å². The predicted molar refractivity (Wildman–Crippen MR) is 77.3 cm³/mol. The van der Waals surface area contributed by atoms with Crippen molar-refractivity contribution in [2.24, 2.45) is 0 Å². The molecule has 0 fully saturated rings. The van der Waals surface area contributed by atoms with Gasteiger partial charge in [0.25, 0.3) is 0 Å². The van der Waals surface area contributed by atoms with Crippen molar-refractivity contribution in [1.29, 1.82) is 0 Å². The highest BCUT2D eigenvalue weighted by molar-refractivity contribution is 4.98. The molecule has 1 N–H and O–H groups in total. The van der Waals surface area contributed by atoms with Crippen molar-refractivity contribution >= 4 is 0 Å². The van der Waals surface area contributed by atoms with Crippen molar-refractivity contribution in [3.8, 4) is 0 Å².